The highest BCUT2D eigenvalue weighted by Crippen LogP contribution is 2.23. The van der Waals surface area contributed by atoms with Crippen molar-refractivity contribution in [1.82, 2.24) is 24.8 Å². The summed E-state index contributed by atoms with van der Waals surface area (Å²) in [6.45, 7) is 0. The smallest absolute Gasteiger partial charge is 0.349 e. The lowest BCUT2D eigenvalue weighted by atomic mass is 10.1. The van der Waals surface area contributed by atoms with Crippen LogP contribution in [0.25, 0.3) is 39.3 Å². The maximum absolute atomic E-state index is 12.7. The molecule has 0 bridgehead atoms. The summed E-state index contributed by atoms with van der Waals surface area (Å²) in [5.41, 5.74) is 3.25. The van der Waals surface area contributed by atoms with E-state index < -0.39 is 11.5 Å². The van der Waals surface area contributed by atoms with Crippen LogP contribution in [0, 0.1) is 0 Å². The van der Waals surface area contributed by atoms with Gasteiger partial charge in [-0.15, -0.1) is 10.2 Å². The molecule has 4 heterocycles. The van der Waals surface area contributed by atoms with E-state index in [1.54, 1.807) is 47.2 Å². The minimum Gasteiger partial charge on any atom is -0.422 e. The molecule has 9 heteroatoms. The zero-order valence-corrected chi connectivity index (χ0v) is 18.1. The Bertz CT molecular complexity index is 1760. The molecule has 0 radical (unpaired) electrons. The predicted octanol–water partition coefficient (Wildman–Crippen LogP) is 4.21. The number of carbonyl (C=O) groups is 1. The Labute approximate surface area is 197 Å². The Morgan fingerprint density at radius 1 is 0.857 bits per heavy atom. The quantitative estimate of drug-likeness (QED) is 0.392. The van der Waals surface area contributed by atoms with Crippen molar-refractivity contribution in [2.45, 2.75) is 0 Å². The summed E-state index contributed by atoms with van der Waals surface area (Å²) in [6, 6.07) is 23.1. The van der Waals surface area contributed by atoms with Crippen LogP contribution in [0.4, 0.5) is 5.69 Å². The summed E-state index contributed by atoms with van der Waals surface area (Å²) in [7, 11) is 0. The maximum atomic E-state index is 12.7. The SMILES string of the molecule is O=C(Nc1ccc(-c2ccc3nnc(-c4ccncc4)n3n2)cc1)c1cc2ccccc2oc1=O. The van der Waals surface area contributed by atoms with Crippen molar-refractivity contribution in [3.05, 3.63) is 107 Å². The molecule has 0 unspecified atom stereocenters. The van der Waals surface area contributed by atoms with E-state index in [2.05, 4.69) is 20.5 Å². The number of benzene rings is 2. The van der Waals surface area contributed by atoms with Crippen LogP contribution in [0.15, 0.2) is 100 Å². The second kappa shape index (κ2) is 8.31. The van der Waals surface area contributed by atoms with Gasteiger partial charge in [0.1, 0.15) is 11.1 Å². The van der Waals surface area contributed by atoms with Crippen LogP contribution in [0.5, 0.6) is 0 Å². The lowest BCUT2D eigenvalue weighted by Crippen LogP contribution is -2.20. The van der Waals surface area contributed by atoms with Crippen LogP contribution in [0.1, 0.15) is 10.4 Å². The van der Waals surface area contributed by atoms with Crippen LogP contribution in [-0.4, -0.2) is 30.7 Å². The van der Waals surface area contributed by atoms with Crippen molar-refractivity contribution < 1.29 is 9.21 Å². The van der Waals surface area contributed by atoms with E-state index in [-0.39, 0.29) is 5.56 Å². The third-order valence-corrected chi connectivity index (χ3v) is 5.53. The van der Waals surface area contributed by atoms with Gasteiger partial charge in [-0.25, -0.2) is 4.79 Å². The molecule has 168 valence electrons. The molecular weight excluding hydrogens is 444 g/mol. The molecule has 0 aliphatic carbocycles. The second-order valence-electron chi connectivity index (χ2n) is 7.76. The highest BCUT2D eigenvalue weighted by Gasteiger charge is 2.15. The largest absolute Gasteiger partial charge is 0.422 e. The van der Waals surface area contributed by atoms with Gasteiger partial charge in [0.05, 0.1) is 5.69 Å². The topological polar surface area (TPSA) is 115 Å². The summed E-state index contributed by atoms with van der Waals surface area (Å²) in [5, 5.41) is 16.5. The van der Waals surface area contributed by atoms with Gasteiger partial charge in [0, 0.05) is 34.6 Å². The van der Waals surface area contributed by atoms with E-state index in [0.29, 0.717) is 33.8 Å². The standard InChI is InChI=1S/C26H16N6O3/c33-25(20-15-18-3-1-2-4-22(18)35-26(20)34)28-19-7-5-16(6-8-19)21-9-10-23-29-30-24(32(23)31-21)17-11-13-27-14-12-17/h1-15H,(H,28,33). The molecule has 0 saturated carbocycles. The molecule has 1 amide bonds. The summed E-state index contributed by atoms with van der Waals surface area (Å²) in [6.07, 6.45) is 3.38. The fourth-order valence-electron chi connectivity index (χ4n) is 3.77. The van der Waals surface area contributed by atoms with Gasteiger partial charge >= 0.3 is 5.63 Å². The molecular formula is C26H16N6O3. The Morgan fingerprint density at radius 2 is 1.66 bits per heavy atom. The van der Waals surface area contributed by atoms with Crippen molar-refractivity contribution in [3.63, 3.8) is 0 Å². The molecule has 1 N–H and O–H groups in total. The number of nitrogens with zero attached hydrogens (tertiary/aromatic N) is 5. The number of anilines is 1. The van der Waals surface area contributed by atoms with E-state index in [1.807, 2.05) is 42.5 Å². The van der Waals surface area contributed by atoms with Crippen molar-refractivity contribution in [2.75, 3.05) is 5.32 Å². The van der Waals surface area contributed by atoms with Gasteiger partial charge in [-0.1, -0.05) is 30.3 Å². The predicted molar refractivity (Wildman–Crippen MR) is 130 cm³/mol. The average Bonchev–Trinajstić information content (AvgIpc) is 3.32. The molecule has 0 atom stereocenters. The number of fused-ring (bicyclic) bond motifs is 2. The molecule has 6 rings (SSSR count). The fraction of sp³-hybridized carbons (Fsp3) is 0. The van der Waals surface area contributed by atoms with Crippen LogP contribution < -0.4 is 10.9 Å². The second-order valence-corrected chi connectivity index (χ2v) is 7.76. The van der Waals surface area contributed by atoms with E-state index in [1.165, 1.54) is 6.07 Å². The summed E-state index contributed by atoms with van der Waals surface area (Å²) in [4.78, 5) is 29.0. The van der Waals surface area contributed by atoms with Crippen LogP contribution in [-0.2, 0) is 0 Å². The number of hydrogen-bond donors (Lipinski definition) is 1. The average molecular weight is 460 g/mol. The summed E-state index contributed by atoms with van der Waals surface area (Å²) < 4.78 is 6.94. The number of amides is 1. The van der Waals surface area contributed by atoms with Crippen LogP contribution in [0.2, 0.25) is 0 Å². The van der Waals surface area contributed by atoms with Gasteiger partial charge in [0.2, 0.25) is 0 Å². The summed E-state index contributed by atoms with van der Waals surface area (Å²) in [5.74, 6) is 0.0747. The first kappa shape index (κ1) is 20.4. The molecule has 0 saturated heterocycles. The fourth-order valence-corrected chi connectivity index (χ4v) is 3.77. The van der Waals surface area contributed by atoms with Gasteiger partial charge in [-0.05, 0) is 48.5 Å². The number of rotatable bonds is 4. The number of hydrogen-bond acceptors (Lipinski definition) is 7. The third kappa shape index (κ3) is 3.80. The Balaban J connectivity index is 1.27. The Hall–Kier alpha value is -5.18. The van der Waals surface area contributed by atoms with Crippen molar-refractivity contribution in [2.24, 2.45) is 0 Å². The molecule has 9 nitrogen and oxygen atoms in total. The van der Waals surface area contributed by atoms with Gasteiger partial charge in [-0.3, -0.25) is 9.78 Å². The number of para-hydroxylation sites is 1. The minimum absolute atomic E-state index is 0.0591. The molecule has 0 fully saturated rings. The highest BCUT2D eigenvalue weighted by atomic mass is 16.4. The first-order valence-electron chi connectivity index (χ1n) is 10.7. The molecule has 6 aromatic rings. The van der Waals surface area contributed by atoms with Crippen LogP contribution >= 0.6 is 0 Å². The number of carbonyl (C=O) groups excluding carboxylic acids is 1. The zero-order valence-electron chi connectivity index (χ0n) is 18.1. The lowest BCUT2D eigenvalue weighted by Gasteiger charge is -2.07. The number of nitrogens with one attached hydrogen (secondary N) is 1. The maximum Gasteiger partial charge on any atom is 0.349 e. The summed E-state index contributed by atoms with van der Waals surface area (Å²) >= 11 is 0. The van der Waals surface area contributed by atoms with Crippen molar-refractivity contribution in [1.29, 1.82) is 0 Å². The van der Waals surface area contributed by atoms with Crippen molar-refractivity contribution in [3.8, 4) is 22.6 Å². The molecule has 0 aliphatic heterocycles. The van der Waals surface area contributed by atoms with Gasteiger partial charge in [0.25, 0.3) is 5.91 Å². The Morgan fingerprint density at radius 3 is 2.49 bits per heavy atom. The first-order chi connectivity index (χ1) is 17.2. The van der Waals surface area contributed by atoms with E-state index in [9.17, 15) is 9.59 Å². The zero-order chi connectivity index (χ0) is 23.8. The number of pyridine rings is 1. The lowest BCUT2D eigenvalue weighted by molar-refractivity contribution is 0.102. The van der Waals surface area contributed by atoms with Gasteiger partial charge in [-0.2, -0.15) is 9.61 Å². The number of aromatic nitrogens is 5. The third-order valence-electron chi connectivity index (χ3n) is 5.53. The van der Waals surface area contributed by atoms with Crippen molar-refractivity contribution >= 4 is 28.2 Å². The van der Waals surface area contributed by atoms with E-state index in [0.717, 1.165) is 11.1 Å². The molecule has 2 aromatic carbocycles. The first-order valence-corrected chi connectivity index (χ1v) is 10.7. The molecule has 0 spiro atoms. The molecule has 35 heavy (non-hydrogen) atoms. The van der Waals surface area contributed by atoms with E-state index >= 15 is 0 Å². The Kier molecular flexibility index (Phi) is 4.85. The molecule has 0 aliphatic rings. The highest BCUT2D eigenvalue weighted by molar-refractivity contribution is 6.05. The van der Waals surface area contributed by atoms with Crippen LogP contribution in [0.3, 0.4) is 0 Å². The van der Waals surface area contributed by atoms with Gasteiger partial charge < -0.3 is 9.73 Å². The van der Waals surface area contributed by atoms with Gasteiger partial charge in [0.15, 0.2) is 11.5 Å². The minimum atomic E-state index is -0.686. The monoisotopic (exact) mass is 460 g/mol. The molecule has 4 aromatic heterocycles. The normalized spacial score (nSPS) is 11.1. The van der Waals surface area contributed by atoms with E-state index in [4.69, 9.17) is 9.52 Å².